The molecule has 3 heteroatoms. The Morgan fingerprint density at radius 2 is 1.95 bits per heavy atom. The lowest BCUT2D eigenvalue weighted by Gasteiger charge is -2.39. The van der Waals surface area contributed by atoms with Crippen molar-refractivity contribution >= 4 is 21.7 Å². The van der Waals surface area contributed by atoms with Crippen molar-refractivity contribution in [3.8, 4) is 0 Å². The van der Waals surface area contributed by atoms with Gasteiger partial charge in [0.2, 0.25) is 0 Å². The van der Waals surface area contributed by atoms with Crippen molar-refractivity contribution in [2.24, 2.45) is 11.3 Å². The van der Waals surface area contributed by atoms with Gasteiger partial charge in [0.15, 0.2) is 0 Å². The van der Waals surface area contributed by atoms with E-state index in [2.05, 4.69) is 59.6 Å². The summed E-state index contributed by atoms with van der Waals surface area (Å²) in [4.78, 5) is 7.11. The third-order valence-electron chi connectivity index (χ3n) is 4.28. The number of alkyl halides is 1. The first kappa shape index (κ1) is 14.8. The Hall–Kier alpha value is -0.570. The molecule has 0 N–H and O–H groups in total. The number of aromatic nitrogens is 1. The molecule has 2 rings (SSSR count). The normalized spacial score (nSPS) is 17.8. The van der Waals surface area contributed by atoms with E-state index in [1.807, 2.05) is 6.20 Å². The molecule has 2 nitrogen and oxygen atoms in total. The quantitative estimate of drug-likeness (QED) is 0.742. The lowest BCUT2D eigenvalue weighted by atomic mass is 9.75. The highest BCUT2D eigenvalue weighted by atomic mass is 79.9. The zero-order valence-electron chi connectivity index (χ0n) is 12.5. The number of piperidine rings is 1. The van der Waals surface area contributed by atoms with E-state index in [0.717, 1.165) is 24.3 Å². The van der Waals surface area contributed by atoms with Crippen LogP contribution in [0.2, 0.25) is 0 Å². The lowest BCUT2D eigenvalue weighted by Crippen LogP contribution is -2.38. The van der Waals surface area contributed by atoms with Gasteiger partial charge in [0, 0.05) is 24.6 Å². The molecule has 0 atom stereocenters. The second kappa shape index (κ2) is 5.82. The third kappa shape index (κ3) is 3.50. The van der Waals surface area contributed by atoms with Crippen LogP contribution in [0.3, 0.4) is 0 Å². The molecule has 1 fully saturated rings. The van der Waals surface area contributed by atoms with Crippen LogP contribution in [0.15, 0.2) is 12.3 Å². The summed E-state index contributed by atoms with van der Waals surface area (Å²) in [5.74, 6) is 2.02. The van der Waals surface area contributed by atoms with Gasteiger partial charge in [-0.05, 0) is 42.2 Å². The monoisotopic (exact) mass is 324 g/mol. The molecular formula is C16H25BrN2. The molecule has 0 amide bonds. The molecule has 0 aromatic carbocycles. The summed E-state index contributed by atoms with van der Waals surface area (Å²) < 4.78 is 0. The van der Waals surface area contributed by atoms with E-state index in [1.165, 1.54) is 29.8 Å². The van der Waals surface area contributed by atoms with E-state index < -0.39 is 0 Å². The molecule has 1 aromatic heterocycles. The highest BCUT2D eigenvalue weighted by molar-refractivity contribution is 9.08. The number of rotatable bonds is 2. The van der Waals surface area contributed by atoms with Crippen LogP contribution in [-0.2, 0) is 5.33 Å². The maximum atomic E-state index is 4.66. The van der Waals surface area contributed by atoms with Gasteiger partial charge in [0.1, 0.15) is 5.82 Å². The summed E-state index contributed by atoms with van der Waals surface area (Å²) in [7, 11) is 0. The predicted octanol–water partition coefficient (Wildman–Crippen LogP) is 4.55. The molecular weight excluding hydrogens is 300 g/mol. The Bertz CT molecular complexity index is 429. The maximum Gasteiger partial charge on any atom is 0.131 e. The van der Waals surface area contributed by atoms with Gasteiger partial charge in [-0.25, -0.2) is 4.98 Å². The first-order chi connectivity index (χ1) is 8.91. The van der Waals surface area contributed by atoms with E-state index in [-0.39, 0.29) is 0 Å². The SMILES string of the molecule is Cc1cc(CBr)cnc1N1CCC(C(C)(C)C)CC1. The van der Waals surface area contributed by atoms with Crippen LogP contribution in [0.4, 0.5) is 5.82 Å². The number of nitrogens with zero attached hydrogens (tertiary/aromatic N) is 2. The zero-order chi connectivity index (χ0) is 14.0. The highest BCUT2D eigenvalue weighted by Crippen LogP contribution is 2.35. The van der Waals surface area contributed by atoms with Gasteiger partial charge in [-0.2, -0.15) is 0 Å². The number of anilines is 1. The van der Waals surface area contributed by atoms with Crippen LogP contribution in [0, 0.1) is 18.3 Å². The first-order valence-electron chi connectivity index (χ1n) is 7.18. The molecule has 19 heavy (non-hydrogen) atoms. The van der Waals surface area contributed by atoms with Crippen molar-refractivity contribution in [1.29, 1.82) is 0 Å². The fourth-order valence-corrected chi connectivity index (χ4v) is 3.29. The Kier molecular flexibility index (Phi) is 4.54. The summed E-state index contributed by atoms with van der Waals surface area (Å²) in [6, 6.07) is 2.24. The molecule has 1 aliphatic heterocycles. The molecule has 0 radical (unpaired) electrons. The minimum atomic E-state index is 0.439. The fourth-order valence-electron chi connectivity index (χ4n) is 2.99. The minimum absolute atomic E-state index is 0.439. The zero-order valence-corrected chi connectivity index (χ0v) is 14.1. The van der Waals surface area contributed by atoms with Crippen molar-refractivity contribution in [3.05, 3.63) is 23.4 Å². The van der Waals surface area contributed by atoms with E-state index in [4.69, 9.17) is 0 Å². The number of hydrogen-bond donors (Lipinski definition) is 0. The Morgan fingerprint density at radius 1 is 1.32 bits per heavy atom. The molecule has 106 valence electrons. The molecule has 1 aromatic rings. The summed E-state index contributed by atoms with van der Waals surface area (Å²) in [5.41, 5.74) is 2.99. The second-order valence-electron chi connectivity index (χ2n) is 6.75. The summed E-state index contributed by atoms with van der Waals surface area (Å²) in [5, 5.41) is 0.882. The molecule has 0 aliphatic carbocycles. The smallest absolute Gasteiger partial charge is 0.131 e. The maximum absolute atomic E-state index is 4.66. The Morgan fingerprint density at radius 3 is 2.42 bits per heavy atom. The summed E-state index contributed by atoms with van der Waals surface area (Å²) in [6.07, 6.45) is 4.56. The van der Waals surface area contributed by atoms with Crippen molar-refractivity contribution in [2.45, 2.75) is 45.9 Å². The van der Waals surface area contributed by atoms with Crippen molar-refractivity contribution in [1.82, 2.24) is 4.98 Å². The van der Waals surface area contributed by atoms with Crippen molar-refractivity contribution in [3.63, 3.8) is 0 Å². The number of pyridine rings is 1. The van der Waals surface area contributed by atoms with Crippen LogP contribution in [-0.4, -0.2) is 18.1 Å². The van der Waals surface area contributed by atoms with Crippen molar-refractivity contribution in [2.75, 3.05) is 18.0 Å². The average Bonchev–Trinajstić information content (AvgIpc) is 2.37. The van der Waals surface area contributed by atoms with E-state index in [0.29, 0.717) is 5.41 Å². The molecule has 1 saturated heterocycles. The summed E-state index contributed by atoms with van der Waals surface area (Å²) in [6.45, 7) is 11.5. The minimum Gasteiger partial charge on any atom is -0.356 e. The summed E-state index contributed by atoms with van der Waals surface area (Å²) >= 11 is 3.49. The number of halogens is 1. The fraction of sp³-hybridized carbons (Fsp3) is 0.688. The van der Waals surface area contributed by atoms with Crippen LogP contribution < -0.4 is 4.90 Å². The van der Waals surface area contributed by atoms with Gasteiger partial charge in [-0.15, -0.1) is 0 Å². The lowest BCUT2D eigenvalue weighted by molar-refractivity contribution is 0.198. The van der Waals surface area contributed by atoms with Gasteiger partial charge in [-0.1, -0.05) is 42.8 Å². The molecule has 2 heterocycles. The van der Waals surface area contributed by atoms with Gasteiger partial charge in [-0.3, -0.25) is 0 Å². The van der Waals surface area contributed by atoms with Gasteiger partial charge in [0.05, 0.1) is 0 Å². The molecule has 0 spiro atoms. The largest absolute Gasteiger partial charge is 0.356 e. The van der Waals surface area contributed by atoms with Gasteiger partial charge in [0.25, 0.3) is 0 Å². The Balaban J connectivity index is 2.06. The van der Waals surface area contributed by atoms with E-state index in [9.17, 15) is 0 Å². The molecule has 1 aliphatic rings. The topological polar surface area (TPSA) is 16.1 Å². The predicted molar refractivity (Wildman–Crippen MR) is 86.0 cm³/mol. The van der Waals surface area contributed by atoms with E-state index >= 15 is 0 Å². The average molecular weight is 325 g/mol. The number of aryl methyl sites for hydroxylation is 1. The van der Waals surface area contributed by atoms with Crippen LogP contribution >= 0.6 is 15.9 Å². The Labute approximate surface area is 125 Å². The van der Waals surface area contributed by atoms with Crippen molar-refractivity contribution < 1.29 is 0 Å². The van der Waals surface area contributed by atoms with Crippen LogP contribution in [0.5, 0.6) is 0 Å². The highest BCUT2D eigenvalue weighted by Gasteiger charge is 2.29. The standard InChI is InChI=1S/C16H25BrN2/c1-12-9-13(10-17)11-18-15(12)19-7-5-14(6-8-19)16(2,3)4/h9,11,14H,5-8,10H2,1-4H3. The molecule has 0 saturated carbocycles. The van der Waals surface area contributed by atoms with Crippen LogP contribution in [0.1, 0.15) is 44.7 Å². The number of hydrogen-bond acceptors (Lipinski definition) is 2. The molecule has 0 unspecified atom stereocenters. The van der Waals surface area contributed by atoms with E-state index in [1.54, 1.807) is 0 Å². The van der Waals surface area contributed by atoms with Gasteiger partial charge >= 0.3 is 0 Å². The molecule has 0 bridgehead atoms. The first-order valence-corrected chi connectivity index (χ1v) is 8.30. The van der Waals surface area contributed by atoms with Gasteiger partial charge < -0.3 is 4.90 Å². The third-order valence-corrected chi connectivity index (χ3v) is 4.93. The van der Waals surface area contributed by atoms with Crippen LogP contribution in [0.25, 0.3) is 0 Å². The second-order valence-corrected chi connectivity index (χ2v) is 7.31.